The summed E-state index contributed by atoms with van der Waals surface area (Å²) in [4.78, 5) is 27.4. The Morgan fingerprint density at radius 3 is 2.48 bits per heavy atom. The molecule has 1 aliphatic rings. The molecule has 0 aliphatic carbocycles. The van der Waals surface area contributed by atoms with Gasteiger partial charge in [-0.2, -0.15) is 5.10 Å². The van der Waals surface area contributed by atoms with Crippen molar-refractivity contribution in [2.24, 2.45) is 0 Å². The van der Waals surface area contributed by atoms with E-state index in [2.05, 4.69) is 32.5 Å². The minimum absolute atomic E-state index is 0.152. The fourth-order valence-electron chi connectivity index (χ4n) is 3.85. The molecule has 1 N–H and O–H groups in total. The average molecular weight is 427 g/mol. The highest BCUT2D eigenvalue weighted by Crippen LogP contribution is 2.34. The Bertz CT molecular complexity index is 1420. The van der Waals surface area contributed by atoms with Crippen LogP contribution in [0.1, 0.15) is 11.7 Å². The minimum Gasteiger partial charge on any atom is -0.346 e. The monoisotopic (exact) mass is 426 g/mol. The Hall–Kier alpha value is -3.78. The lowest BCUT2D eigenvalue weighted by atomic mass is 10.00. The van der Waals surface area contributed by atoms with E-state index in [-0.39, 0.29) is 11.5 Å². The quantitative estimate of drug-likeness (QED) is 0.472. The van der Waals surface area contributed by atoms with E-state index in [1.54, 1.807) is 22.2 Å². The summed E-state index contributed by atoms with van der Waals surface area (Å²) in [5.74, 6) is 0.853. The van der Waals surface area contributed by atoms with E-state index in [1.165, 1.54) is 0 Å². The Labute approximate surface area is 181 Å². The van der Waals surface area contributed by atoms with Gasteiger partial charge in [0.1, 0.15) is 11.2 Å². The van der Waals surface area contributed by atoms with E-state index in [1.807, 2.05) is 48.5 Å². The number of benzene rings is 2. The van der Waals surface area contributed by atoms with Crippen LogP contribution < -0.4 is 10.5 Å². The highest BCUT2D eigenvalue weighted by atomic mass is 32.1. The summed E-state index contributed by atoms with van der Waals surface area (Å²) < 4.78 is 1.72. The van der Waals surface area contributed by atoms with Crippen molar-refractivity contribution in [3.8, 4) is 16.9 Å². The predicted octanol–water partition coefficient (Wildman–Crippen LogP) is 3.84. The molecule has 5 aromatic rings. The molecule has 0 radical (unpaired) electrons. The summed E-state index contributed by atoms with van der Waals surface area (Å²) in [5, 5.41) is 7.96. The first kappa shape index (κ1) is 18.0. The molecule has 7 nitrogen and oxygen atoms in total. The first-order chi connectivity index (χ1) is 15.3. The first-order valence-electron chi connectivity index (χ1n) is 10.1. The summed E-state index contributed by atoms with van der Waals surface area (Å²) in [6.07, 6.45) is 1.58. The highest BCUT2D eigenvalue weighted by molar-refractivity contribution is 7.14. The molecule has 152 valence electrons. The smallest absolute Gasteiger partial charge is 0.262 e. The van der Waals surface area contributed by atoms with Crippen LogP contribution in [0, 0.1) is 0 Å². The Balaban J connectivity index is 1.26. The lowest BCUT2D eigenvalue weighted by Gasteiger charge is -2.38. The zero-order chi connectivity index (χ0) is 20.8. The lowest BCUT2D eigenvalue weighted by Crippen LogP contribution is -2.46. The van der Waals surface area contributed by atoms with Crippen molar-refractivity contribution >= 4 is 27.5 Å². The fraction of sp³-hybridized carbons (Fsp3) is 0.130. The van der Waals surface area contributed by atoms with Crippen LogP contribution in [0.4, 0.5) is 5.13 Å². The highest BCUT2D eigenvalue weighted by Gasteiger charge is 2.32. The second-order valence-corrected chi connectivity index (χ2v) is 8.40. The van der Waals surface area contributed by atoms with Crippen molar-refractivity contribution in [1.29, 1.82) is 0 Å². The van der Waals surface area contributed by atoms with Crippen LogP contribution in [0.2, 0.25) is 0 Å². The largest absolute Gasteiger partial charge is 0.346 e. The molecule has 0 amide bonds. The molecule has 0 saturated carbocycles. The SMILES string of the molecule is O=c1[nH]c(C2CN(c3nc(-c4ccccc4)cs3)C2)nc2c1cnn2-c1ccccc1. The number of fused-ring (bicyclic) bond motifs is 1. The molecule has 1 saturated heterocycles. The van der Waals surface area contributed by atoms with Crippen molar-refractivity contribution in [3.05, 3.63) is 88.4 Å². The summed E-state index contributed by atoms with van der Waals surface area (Å²) in [6, 6.07) is 19.9. The van der Waals surface area contributed by atoms with Gasteiger partial charge in [0.2, 0.25) is 0 Å². The number of aromatic amines is 1. The Morgan fingerprint density at radius 1 is 0.968 bits per heavy atom. The van der Waals surface area contributed by atoms with Gasteiger partial charge >= 0.3 is 0 Å². The van der Waals surface area contributed by atoms with Crippen molar-refractivity contribution < 1.29 is 0 Å². The van der Waals surface area contributed by atoms with Gasteiger partial charge in [-0.05, 0) is 12.1 Å². The molecule has 6 rings (SSSR count). The number of rotatable bonds is 4. The van der Waals surface area contributed by atoms with E-state index >= 15 is 0 Å². The van der Waals surface area contributed by atoms with Crippen LogP contribution in [-0.2, 0) is 0 Å². The van der Waals surface area contributed by atoms with E-state index in [0.717, 1.165) is 35.2 Å². The number of nitrogens with zero attached hydrogens (tertiary/aromatic N) is 5. The van der Waals surface area contributed by atoms with Gasteiger partial charge in [-0.25, -0.2) is 14.6 Å². The standard InChI is InChI=1S/C23H18N6OS/c30-22-18-11-24-29(17-9-5-2-6-10-17)21(18)26-20(27-22)16-12-28(13-16)23-25-19(14-31-23)15-7-3-1-4-8-15/h1-11,14,16H,12-13H2,(H,26,27,30). The van der Waals surface area contributed by atoms with Gasteiger partial charge in [0, 0.05) is 24.0 Å². The molecule has 1 aliphatic heterocycles. The maximum absolute atomic E-state index is 12.6. The molecule has 0 unspecified atom stereocenters. The summed E-state index contributed by atoms with van der Waals surface area (Å²) in [6.45, 7) is 1.55. The average Bonchev–Trinajstić information content (AvgIpc) is 3.42. The predicted molar refractivity (Wildman–Crippen MR) is 122 cm³/mol. The van der Waals surface area contributed by atoms with Crippen molar-refractivity contribution in [1.82, 2.24) is 24.7 Å². The molecule has 0 bridgehead atoms. The molecule has 2 aromatic carbocycles. The van der Waals surface area contributed by atoms with Gasteiger partial charge in [-0.15, -0.1) is 11.3 Å². The van der Waals surface area contributed by atoms with Crippen molar-refractivity contribution in [2.45, 2.75) is 5.92 Å². The van der Waals surface area contributed by atoms with Crippen LogP contribution in [0.3, 0.4) is 0 Å². The first-order valence-corrected chi connectivity index (χ1v) is 10.9. The van der Waals surface area contributed by atoms with Crippen LogP contribution >= 0.6 is 11.3 Å². The lowest BCUT2D eigenvalue weighted by molar-refractivity contribution is 0.500. The van der Waals surface area contributed by atoms with Crippen LogP contribution in [0.25, 0.3) is 28.0 Å². The topological polar surface area (TPSA) is 79.7 Å². The third kappa shape index (κ3) is 3.12. The molecule has 0 spiro atoms. The van der Waals surface area contributed by atoms with E-state index in [0.29, 0.717) is 16.9 Å². The van der Waals surface area contributed by atoms with Gasteiger partial charge < -0.3 is 9.88 Å². The van der Waals surface area contributed by atoms with Crippen molar-refractivity contribution in [3.63, 3.8) is 0 Å². The molecule has 0 atom stereocenters. The number of H-pyrrole nitrogens is 1. The van der Waals surface area contributed by atoms with Crippen LogP contribution in [0.5, 0.6) is 0 Å². The van der Waals surface area contributed by atoms with Gasteiger partial charge in [0.25, 0.3) is 5.56 Å². The molecule has 1 fully saturated rings. The van der Waals surface area contributed by atoms with E-state index < -0.39 is 0 Å². The van der Waals surface area contributed by atoms with Crippen molar-refractivity contribution in [2.75, 3.05) is 18.0 Å². The Kier molecular flexibility index (Phi) is 4.17. The molecule has 4 heterocycles. The normalized spacial score (nSPS) is 14.1. The van der Waals surface area contributed by atoms with Crippen LogP contribution in [-0.4, -0.2) is 37.8 Å². The van der Waals surface area contributed by atoms with Gasteiger partial charge in [-0.3, -0.25) is 4.79 Å². The number of hydrogen-bond donors (Lipinski definition) is 1. The zero-order valence-corrected chi connectivity index (χ0v) is 17.3. The minimum atomic E-state index is -0.152. The number of hydrogen-bond acceptors (Lipinski definition) is 6. The summed E-state index contributed by atoms with van der Waals surface area (Å²) in [7, 11) is 0. The van der Waals surface area contributed by atoms with Crippen LogP contribution in [0.15, 0.2) is 77.0 Å². The Morgan fingerprint density at radius 2 is 1.71 bits per heavy atom. The molecular weight excluding hydrogens is 408 g/mol. The molecular formula is C23H18N6OS. The number of thiazole rings is 1. The van der Waals surface area contributed by atoms with Gasteiger partial charge in [-0.1, -0.05) is 48.5 Å². The summed E-state index contributed by atoms with van der Waals surface area (Å²) in [5.41, 5.74) is 3.43. The number of anilines is 1. The van der Waals surface area contributed by atoms with E-state index in [4.69, 9.17) is 9.97 Å². The second kappa shape index (κ2) is 7.17. The molecule has 31 heavy (non-hydrogen) atoms. The fourth-order valence-corrected chi connectivity index (χ4v) is 4.70. The maximum atomic E-state index is 12.6. The molecule has 3 aromatic heterocycles. The number of aromatic nitrogens is 5. The third-order valence-corrected chi connectivity index (χ3v) is 6.46. The third-order valence-electron chi connectivity index (χ3n) is 5.56. The second-order valence-electron chi connectivity index (χ2n) is 7.56. The van der Waals surface area contributed by atoms with Gasteiger partial charge in [0.15, 0.2) is 10.8 Å². The van der Waals surface area contributed by atoms with Gasteiger partial charge in [0.05, 0.1) is 23.5 Å². The number of para-hydroxylation sites is 1. The number of nitrogens with one attached hydrogen (secondary N) is 1. The summed E-state index contributed by atoms with van der Waals surface area (Å²) >= 11 is 1.64. The zero-order valence-electron chi connectivity index (χ0n) is 16.5. The molecule has 8 heteroatoms. The van der Waals surface area contributed by atoms with E-state index in [9.17, 15) is 4.79 Å². The maximum Gasteiger partial charge on any atom is 0.262 e.